The summed E-state index contributed by atoms with van der Waals surface area (Å²) in [4.78, 5) is 20.1. The van der Waals surface area contributed by atoms with E-state index in [9.17, 15) is 9.90 Å². The fourth-order valence-electron chi connectivity index (χ4n) is 5.49. The quantitative estimate of drug-likeness (QED) is 0.248. The van der Waals surface area contributed by atoms with E-state index in [4.69, 9.17) is 19.6 Å². The molecule has 1 aliphatic rings. The molecule has 1 aliphatic heterocycles. The summed E-state index contributed by atoms with van der Waals surface area (Å²) in [5.41, 5.74) is 5.61. The third-order valence-electron chi connectivity index (χ3n) is 7.59. The predicted octanol–water partition coefficient (Wildman–Crippen LogP) is 5.98. The number of amides is 1. The number of nitrogens with zero attached hydrogens (tertiary/aromatic N) is 5. The summed E-state index contributed by atoms with van der Waals surface area (Å²) in [6, 6.07) is 29.9. The molecule has 9 nitrogen and oxygen atoms in total. The molecule has 0 spiro atoms. The summed E-state index contributed by atoms with van der Waals surface area (Å²) >= 11 is 0. The van der Waals surface area contributed by atoms with Crippen molar-refractivity contribution in [3.8, 4) is 23.0 Å². The number of aryl methyl sites for hydroxylation is 1. The van der Waals surface area contributed by atoms with Crippen molar-refractivity contribution in [2.45, 2.75) is 26.2 Å². The van der Waals surface area contributed by atoms with Crippen LogP contribution in [-0.2, 0) is 20.3 Å². The first-order valence-electron chi connectivity index (χ1n) is 14.0. The number of hydrogen-bond acceptors (Lipinski definition) is 6. The first-order valence-corrected chi connectivity index (χ1v) is 14.0. The molecule has 0 radical (unpaired) electrons. The summed E-state index contributed by atoms with van der Waals surface area (Å²) in [6.07, 6.45) is -0.880. The summed E-state index contributed by atoms with van der Waals surface area (Å²) in [5.74, 6) is 0.912. The topological polar surface area (TPSA) is 93.0 Å². The lowest BCUT2D eigenvalue weighted by Gasteiger charge is -2.40. The van der Waals surface area contributed by atoms with Crippen LogP contribution in [0.15, 0.2) is 91.0 Å². The molecule has 3 heterocycles. The second kappa shape index (κ2) is 11.8. The first-order chi connectivity index (χ1) is 20.5. The van der Waals surface area contributed by atoms with Crippen molar-refractivity contribution in [3.63, 3.8) is 0 Å². The van der Waals surface area contributed by atoms with E-state index in [1.165, 1.54) is 4.90 Å². The lowest BCUT2D eigenvalue weighted by Crippen LogP contribution is -2.53. The molecule has 9 heteroatoms. The highest BCUT2D eigenvalue weighted by Crippen LogP contribution is 2.39. The second-order valence-electron chi connectivity index (χ2n) is 10.5. The standard InChI is InChI=1S/C33H33N5O4/c1-23-20-37(33(39)40)18-19-38(23)28-15-9-14-26-30(35-36(2)31(26)28)27-16-17-29(41-21-24-10-5-3-6-11-24)34-32(27)42-22-25-12-7-4-8-13-25/h3-17,23H,18-22H2,1-2H3,(H,39,40)/t23-/m0/s1. The minimum atomic E-state index is -0.880. The van der Waals surface area contributed by atoms with Gasteiger partial charge in [0.05, 0.1) is 16.8 Å². The van der Waals surface area contributed by atoms with Gasteiger partial charge in [-0.05, 0) is 30.2 Å². The fourth-order valence-corrected chi connectivity index (χ4v) is 5.49. The zero-order valence-electron chi connectivity index (χ0n) is 23.7. The molecule has 1 amide bonds. The van der Waals surface area contributed by atoms with E-state index in [0.717, 1.165) is 39.0 Å². The molecule has 214 valence electrons. The number of benzene rings is 3. The Morgan fingerprint density at radius 3 is 2.24 bits per heavy atom. The molecule has 0 bridgehead atoms. The Labute approximate surface area is 244 Å². The number of rotatable bonds is 8. The zero-order valence-corrected chi connectivity index (χ0v) is 23.7. The molecular formula is C33H33N5O4. The minimum Gasteiger partial charge on any atom is -0.473 e. The minimum absolute atomic E-state index is 0.0197. The van der Waals surface area contributed by atoms with Gasteiger partial charge in [0.15, 0.2) is 0 Å². The highest BCUT2D eigenvalue weighted by Gasteiger charge is 2.29. The van der Waals surface area contributed by atoms with Gasteiger partial charge in [-0.1, -0.05) is 72.8 Å². The Morgan fingerprint density at radius 1 is 0.881 bits per heavy atom. The van der Waals surface area contributed by atoms with Crippen LogP contribution in [0.1, 0.15) is 18.1 Å². The van der Waals surface area contributed by atoms with Crippen LogP contribution >= 0.6 is 0 Å². The lowest BCUT2D eigenvalue weighted by molar-refractivity contribution is 0.136. The van der Waals surface area contributed by atoms with Gasteiger partial charge in [0.2, 0.25) is 11.8 Å². The summed E-state index contributed by atoms with van der Waals surface area (Å²) in [5, 5.41) is 15.4. The Kier molecular flexibility index (Phi) is 7.64. The Balaban J connectivity index is 1.36. The molecule has 5 aromatic rings. The number of carboxylic acid groups (broad SMARTS) is 1. The molecule has 6 rings (SSSR count). The molecule has 0 unspecified atom stereocenters. The van der Waals surface area contributed by atoms with E-state index in [1.54, 1.807) is 0 Å². The van der Waals surface area contributed by atoms with Crippen molar-refractivity contribution >= 4 is 22.7 Å². The van der Waals surface area contributed by atoms with Crippen LogP contribution in [0, 0.1) is 0 Å². The van der Waals surface area contributed by atoms with E-state index >= 15 is 0 Å². The zero-order chi connectivity index (χ0) is 29.1. The number of aromatic nitrogens is 3. The van der Waals surface area contributed by atoms with Crippen LogP contribution in [0.4, 0.5) is 10.5 Å². The van der Waals surface area contributed by atoms with Crippen molar-refractivity contribution in [2.24, 2.45) is 7.05 Å². The number of ether oxygens (including phenoxy) is 2. The highest BCUT2D eigenvalue weighted by molar-refractivity contribution is 6.01. The number of pyridine rings is 1. The van der Waals surface area contributed by atoms with Gasteiger partial charge in [0.1, 0.15) is 18.9 Å². The Hall–Kier alpha value is -5.05. The monoisotopic (exact) mass is 563 g/mol. The molecule has 1 saturated heterocycles. The maximum Gasteiger partial charge on any atom is 0.407 e. The molecular weight excluding hydrogens is 530 g/mol. The van der Waals surface area contributed by atoms with Crippen molar-refractivity contribution < 1.29 is 19.4 Å². The average molecular weight is 564 g/mol. The van der Waals surface area contributed by atoms with E-state index in [-0.39, 0.29) is 6.04 Å². The van der Waals surface area contributed by atoms with Gasteiger partial charge < -0.3 is 24.4 Å². The summed E-state index contributed by atoms with van der Waals surface area (Å²) in [7, 11) is 1.93. The molecule has 3 aromatic carbocycles. The maximum atomic E-state index is 11.5. The van der Waals surface area contributed by atoms with Gasteiger partial charge in [0.25, 0.3) is 0 Å². The van der Waals surface area contributed by atoms with Gasteiger partial charge in [-0.15, -0.1) is 0 Å². The largest absolute Gasteiger partial charge is 0.473 e. The average Bonchev–Trinajstić information content (AvgIpc) is 3.36. The molecule has 1 fully saturated rings. The Morgan fingerprint density at radius 2 is 1.57 bits per heavy atom. The van der Waals surface area contributed by atoms with Crippen LogP contribution in [0.5, 0.6) is 11.8 Å². The second-order valence-corrected chi connectivity index (χ2v) is 10.5. The fraction of sp³-hybridized carbons (Fsp3) is 0.242. The van der Waals surface area contributed by atoms with E-state index in [1.807, 2.05) is 90.6 Å². The molecule has 0 saturated carbocycles. The third kappa shape index (κ3) is 5.58. The van der Waals surface area contributed by atoms with Crippen molar-refractivity contribution in [1.29, 1.82) is 0 Å². The summed E-state index contributed by atoms with van der Waals surface area (Å²) in [6.45, 7) is 4.31. The lowest BCUT2D eigenvalue weighted by atomic mass is 10.1. The van der Waals surface area contributed by atoms with Crippen LogP contribution in [-0.4, -0.2) is 56.5 Å². The number of carbonyl (C=O) groups is 1. The van der Waals surface area contributed by atoms with Gasteiger partial charge in [-0.25, -0.2) is 4.79 Å². The highest BCUT2D eigenvalue weighted by atomic mass is 16.5. The number of fused-ring (bicyclic) bond motifs is 1. The van der Waals surface area contributed by atoms with E-state index < -0.39 is 6.09 Å². The Bertz CT molecular complexity index is 1690. The van der Waals surface area contributed by atoms with Crippen molar-refractivity contribution in [3.05, 3.63) is 102 Å². The predicted molar refractivity (Wildman–Crippen MR) is 162 cm³/mol. The molecule has 0 aliphatic carbocycles. The molecule has 42 heavy (non-hydrogen) atoms. The number of para-hydroxylation sites is 1. The number of hydrogen-bond donors (Lipinski definition) is 1. The normalized spacial score (nSPS) is 15.1. The first kappa shape index (κ1) is 27.1. The van der Waals surface area contributed by atoms with Crippen LogP contribution in [0.3, 0.4) is 0 Å². The van der Waals surface area contributed by atoms with E-state index in [0.29, 0.717) is 44.6 Å². The van der Waals surface area contributed by atoms with Gasteiger partial charge in [-0.2, -0.15) is 10.1 Å². The van der Waals surface area contributed by atoms with Gasteiger partial charge >= 0.3 is 6.09 Å². The van der Waals surface area contributed by atoms with Gasteiger partial charge in [-0.3, -0.25) is 4.68 Å². The van der Waals surface area contributed by atoms with E-state index in [2.05, 4.69) is 24.0 Å². The SMILES string of the molecule is C[C@H]1CN(C(=O)O)CCN1c1cccc2c(-c3ccc(OCc4ccccc4)nc3OCc3ccccc3)nn(C)c12. The van der Waals surface area contributed by atoms with Crippen molar-refractivity contribution in [1.82, 2.24) is 19.7 Å². The van der Waals surface area contributed by atoms with Crippen LogP contribution < -0.4 is 14.4 Å². The molecule has 1 N–H and O–H groups in total. The number of anilines is 1. The van der Waals surface area contributed by atoms with Crippen molar-refractivity contribution in [2.75, 3.05) is 24.5 Å². The smallest absolute Gasteiger partial charge is 0.407 e. The third-order valence-corrected chi connectivity index (χ3v) is 7.59. The van der Waals surface area contributed by atoms with Crippen LogP contribution in [0.25, 0.3) is 22.2 Å². The van der Waals surface area contributed by atoms with Crippen LogP contribution in [0.2, 0.25) is 0 Å². The maximum absolute atomic E-state index is 11.5. The number of piperazine rings is 1. The summed E-state index contributed by atoms with van der Waals surface area (Å²) < 4.78 is 14.2. The molecule has 2 aromatic heterocycles. The van der Waals surface area contributed by atoms with Gasteiger partial charge in [0, 0.05) is 44.2 Å². The molecule has 1 atom stereocenters.